The third-order valence-electron chi connectivity index (χ3n) is 5.00. The van der Waals surface area contributed by atoms with Gasteiger partial charge < -0.3 is 15.1 Å². The molecule has 0 aliphatic heterocycles. The van der Waals surface area contributed by atoms with Gasteiger partial charge in [-0.1, -0.05) is 24.3 Å². The molecule has 1 amide bonds. The van der Waals surface area contributed by atoms with Gasteiger partial charge in [0, 0.05) is 40.9 Å². The van der Waals surface area contributed by atoms with E-state index in [0.717, 1.165) is 27.9 Å². The number of carbonyl (C=O) groups excluding carboxylic acids is 1. The molecule has 0 aliphatic carbocycles. The fraction of sp³-hybridized carbons (Fsp3) is 0.0400. The molecule has 0 bridgehead atoms. The summed E-state index contributed by atoms with van der Waals surface area (Å²) in [5.74, 6) is 0.398. The number of anilines is 3. The summed E-state index contributed by atoms with van der Waals surface area (Å²) in [6.07, 6.45) is 5.17. The van der Waals surface area contributed by atoms with Gasteiger partial charge in [-0.05, 0) is 55.0 Å². The summed E-state index contributed by atoms with van der Waals surface area (Å²) >= 11 is 0. The molecule has 3 aromatic heterocycles. The maximum Gasteiger partial charge on any atom is 0.291 e. The van der Waals surface area contributed by atoms with E-state index in [0.29, 0.717) is 17.2 Å². The highest BCUT2D eigenvalue weighted by Crippen LogP contribution is 2.25. The average molecular weight is 421 g/mol. The molecular formula is C25H19N5O2. The first kappa shape index (κ1) is 19.4. The number of aromatic nitrogens is 3. The topological polar surface area (TPSA) is 92.9 Å². The van der Waals surface area contributed by atoms with Crippen LogP contribution in [0, 0.1) is 6.92 Å². The fourth-order valence-corrected chi connectivity index (χ4v) is 3.34. The summed E-state index contributed by atoms with van der Waals surface area (Å²) in [4.78, 5) is 25.7. The molecule has 32 heavy (non-hydrogen) atoms. The van der Waals surface area contributed by atoms with Crippen molar-refractivity contribution in [1.82, 2.24) is 15.0 Å². The maximum absolute atomic E-state index is 12.7. The van der Waals surface area contributed by atoms with Crippen LogP contribution in [0.1, 0.15) is 16.1 Å². The normalized spacial score (nSPS) is 10.8. The van der Waals surface area contributed by atoms with E-state index in [2.05, 4.69) is 25.6 Å². The van der Waals surface area contributed by atoms with Gasteiger partial charge in [0.25, 0.3) is 5.91 Å². The first-order chi connectivity index (χ1) is 15.7. The van der Waals surface area contributed by atoms with Crippen molar-refractivity contribution in [1.29, 1.82) is 0 Å². The van der Waals surface area contributed by atoms with Crippen LogP contribution in [-0.4, -0.2) is 20.9 Å². The minimum absolute atomic E-state index is 0.258. The Labute approximate surface area is 184 Å². The van der Waals surface area contributed by atoms with Crippen molar-refractivity contribution in [2.75, 3.05) is 10.6 Å². The Morgan fingerprint density at radius 1 is 0.969 bits per heavy atom. The highest BCUT2D eigenvalue weighted by atomic mass is 16.3. The predicted molar refractivity (Wildman–Crippen MR) is 124 cm³/mol. The van der Waals surface area contributed by atoms with Crippen LogP contribution in [0.15, 0.2) is 89.7 Å². The van der Waals surface area contributed by atoms with Crippen molar-refractivity contribution in [2.45, 2.75) is 6.92 Å². The highest BCUT2D eigenvalue weighted by Gasteiger charge is 2.13. The SMILES string of the molecule is Cc1ccc(NC(=O)c2cc3ccccc3o2)cc1Nc1nccc(-c2cccnc2)n1. The van der Waals surface area contributed by atoms with Crippen LogP contribution in [0.4, 0.5) is 17.3 Å². The van der Waals surface area contributed by atoms with Gasteiger partial charge in [0.2, 0.25) is 5.95 Å². The summed E-state index contributed by atoms with van der Waals surface area (Å²) in [7, 11) is 0. The molecule has 5 aromatic rings. The van der Waals surface area contributed by atoms with Crippen molar-refractivity contribution in [3.05, 3.63) is 96.6 Å². The van der Waals surface area contributed by atoms with Gasteiger partial charge >= 0.3 is 0 Å². The Bertz CT molecular complexity index is 1380. The second-order valence-electron chi connectivity index (χ2n) is 7.26. The number of pyridine rings is 1. The number of hydrogen-bond acceptors (Lipinski definition) is 6. The number of aryl methyl sites for hydroxylation is 1. The number of nitrogens with zero attached hydrogens (tertiary/aromatic N) is 3. The third kappa shape index (κ3) is 4.04. The zero-order chi connectivity index (χ0) is 21.9. The summed E-state index contributed by atoms with van der Waals surface area (Å²) in [5.41, 5.74) is 4.75. The van der Waals surface area contributed by atoms with Crippen molar-refractivity contribution in [2.24, 2.45) is 0 Å². The number of nitrogens with one attached hydrogen (secondary N) is 2. The van der Waals surface area contributed by atoms with Gasteiger partial charge in [0.1, 0.15) is 5.58 Å². The zero-order valence-corrected chi connectivity index (χ0v) is 17.2. The molecular weight excluding hydrogens is 402 g/mol. The predicted octanol–water partition coefficient (Wildman–Crippen LogP) is 5.59. The number of benzene rings is 2. The minimum Gasteiger partial charge on any atom is -0.451 e. The summed E-state index contributed by atoms with van der Waals surface area (Å²) < 4.78 is 5.65. The molecule has 156 valence electrons. The number of hydrogen-bond donors (Lipinski definition) is 2. The Morgan fingerprint density at radius 3 is 2.72 bits per heavy atom. The smallest absolute Gasteiger partial charge is 0.291 e. The molecule has 2 aromatic carbocycles. The summed E-state index contributed by atoms with van der Waals surface area (Å²) in [6.45, 7) is 1.97. The van der Waals surface area contributed by atoms with Gasteiger partial charge in [-0.25, -0.2) is 9.97 Å². The maximum atomic E-state index is 12.7. The van der Waals surface area contributed by atoms with Gasteiger partial charge in [0.15, 0.2) is 5.76 Å². The molecule has 0 saturated carbocycles. The Balaban J connectivity index is 1.36. The molecule has 0 unspecified atom stereocenters. The van der Waals surface area contributed by atoms with E-state index in [1.807, 2.05) is 67.6 Å². The third-order valence-corrected chi connectivity index (χ3v) is 5.00. The molecule has 2 N–H and O–H groups in total. The summed E-state index contributed by atoms with van der Waals surface area (Å²) in [6, 6.07) is 20.5. The van der Waals surface area contributed by atoms with E-state index in [1.54, 1.807) is 24.7 Å². The molecule has 3 heterocycles. The van der Waals surface area contributed by atoms with E-state index in [4.69, 9.17) is 4.42 Å². The standard InChI is InChI=1S/C25H19N5O2/c1-16-8-9-19(28-24(31)23-13-17-5-2-3-7-22(17)32-23)14-21(16)30-25-27-12-10-20(29-25)18-6-4-11-26-15-18/h2-15H,1H3,(H,28,31)(H,27,29,30). The quantitative estimate of drug-likeness (QED) is 0.384. The van der Waals surface area contributed by atoms with Gasteiger partial charge in [-0.2, -0.15) is 0 Å². The van der Waals surface area contributed by atoms with Crippen LogP contribution in [0.25, 0.3) is 22.2 Å². The van der Waals surface area contributed by atoms with Crippen LogP contribution < -0.4 is 10.6 Å². The molecule has 7 heteroatoms. The average Bonchev–Trinajstić information content (AvgIpc) is 3.27. The van der Waals surface area contributed by atoms with E-state index < -0.39 is 0 Å². The number of furan rings is 1. The lowest BCUT2D eigenvalue weighted by Crippen LogP contribution is -2.11. The van der Waals surface area contributed by atoms with Crippen molar-refractivity contribution >= 4 is 34.2 Å². The lowest BCUT2D eigenvalue weighted by molar-refractivity contribution is 0.0998. The van der Waals surface area contributed by atoms with Crippen LogP contribution in [-0.2, 0) is 0 Å². The van der Waals surface area contributed by atoms with Gasteiger partial charge in [-0.3, -0.25) is 9.78 Å². The molecule has 0 fully saturated rings. The molecule has 0 aliphatic rings. The second-order valence-corrected chi connectivity index (χ2v) is 7.26. The molecule has 0 saturated heterocycles. The van der Waals surface area contributed by atoms with Crippen LogP contribution in [0.2, 0.25) is 0 Å². The van der Waals surface area contributed by atoms with Gasteiger partial charge in [-0.15, -0.1) is 0 Å². The number of rotatable bonds is 5. The lowest BCUT2D eigenvalue weighted by atomic mass is 10.1. The van der Waals surface area contributed by atoms with E-state index >= 15 is 0 Å². The van der Waals surface area contributed by atoms with E-state index in [-0.39, 0.29) is 11.7 Å². The largest absolute Gasteiger partial charge is 0.451 e. The van der Waals surface area contributed by atoms with E-state index in [1.165, 1.54) is 0 Å². The number of fused-ring (bicyclic) bond motifs is 1. The molecule has 0 spiro atoms. The number of para-hydroxylation sites is 1. The highest BCUT2D eigenvalue weighted by molar-refractivity contribution is 6.04. The fourth-order valence-electron chi connectivity index (χ4n) is 3.34. The van der Waals surface area contributed by atoms with Crippen LogP contribution in [0.3, 0.4) is 0 Å². The Morgan fingerprint density at radius 2 is 1.88 bits per heavy atom. The zero-order valence-electron chi connectivity index (χ0n) is 17.2. The number of carbonyl (C=O) groups is 1. The van der Waals surface area contributed by atoms with Gasteiger partial charge in [0.05, 0.1) is 5.69 Å². The first-order valence-electron chi connectivity index (χ1n) is 10.1. The van der Waals surface area contributed by atoms with E-state index in [9.17, 15) is 4.79 Å². The first-order valence-corrected chi connectivity index (χ1v) is 10.1. The van der Waals surface area contributed by atoms with Crippen molar-refractivity contribution in [3.63, 3.8) is 0 Å². The Kier molecular flexibility index (Phi) is 5.05. The van der Waals surface area contributed by atoms with Crippen molar-refractivity contribution < 1.29 is 9.21 Å². The van der Waals surface area contributed by atoms with Crippen molar-refractivity contribution in [3.8, 4) is 11.3 Å². The van der Waals surface area contributed by atoms with Crippen LogP contribution in [0.5, 0.6) is 0 Å². The molecule has 5 rings (SSSR count). The summed E-state index contributed by atoms with van der Waals surface area (Å²) in [5, 5.41) is 7.01. The molecule has 0 radical (unpaired) electrons. The number of amides is 1. The van der Waals surface area contributed by atoms with Crippen LogP contribution >= 0.6 is 0 Å². The second kappa shape index (κ2) is 8.31. The monoisotopic (exact) mass is 421 g/mol. The minimum atomic E-state index is -0.314. The molecule has 7 nitrogen and oxygen atoms in total. The lowest BCUT2D eigenvalue weighted by Gasteiger charge is -2.11. The molecule has 0 atom stereocenters. The Hall–Kier alpha value is -4.52.